The van der Waals surface area contributed by atoms with Crippen molar-refractivity contribution in [1.82, 2.24) is 34.4 Å². The largest absolute Gasteiger partial charge is 0.379 e. The number of aromatic nitrogens is 6. The molecule has 4 rings (SSSR count). The molecule has 0 aromatic carbocycles. The zero-order valence-corrected chi connectivity index (χ0v) is 16.4. The maximum Gasteiger partial charge on any atom is 0.223 e. The van der Waals surface area contributed by atoms with Crippen LogP contribution in [0.5, 0.6) is 0 Å². The highest BCUT2D eigenvalue weighted by molar-refractivity contribution is 5.76. The van der Waals surface area contributed by atoms with E-state index in [9.17, 15) is 9.90 Å². The predicted molar refractivity (Wildman–Crippen MR) is 101 cm³/mol. The fourth-order valence-electron chi connectivity index (χ4n) is 3.57. The van der Waals surface area contributed by atoms with Gasteiger partial charge in [-0.05, 0) is 25.5 Å². The number of aromatic amines is 1. The zero-order chi connectivity index (χ0) is 19.8. The van der Waals surface area contributed by atoms with E-state index in [0.29, 0.717) is 44.0 Å². The van der Waals surface area contributed by atoms with Crippen molar-refractivity contribution in [2.75, 3.05) is 6.54 Å². The Kier molecular flexibility index (Phi) is 4.76. The van der Waals surface area contributed by atoms with E-state index in [2.05, 4.69) is 20.3 Å². The van der Waals surface area contributed by atoms with E-state index >= 15 is 0 Å². The first kappa shape index (κ1) is 18.4. The van der Waals surface area contributed by atoms with Gasteiger partial charge in [0.05, 0.1) is 30.2 Å². The van der Waals surface area contributed by atoms with Gasteiger partial charge in [0.15, 0.2) is 6.10 Å². The van der Waals surface area contributed by atoms with Crippen LogP contribution in [0.4, 0.5) is 0 Å². The van der Waals surface area contributed by atoms with E-state index in [-0.39, 0.29) is 5.91 Å². The first-order chi connectivity index (χ1) is 13.4. The monoisotopic (exact) mass is 383 g/mol. The Morgan fingerprint density at radius 2 is 2.18 bits per heavy atom. The number of nitrogens with zero attached hydrogens (tertiary/aromatic N) is 6. The third-order valence-corrected chi connectivity index (χ3v) is 5.48. The van der Waals surface area contributed by atoms with Crippen molar-refractivity contribution in [3.05, 3.63) is 52.6 Å². The van der Waals surface area contributed by atoms with Crippen LogP contribution in [0.15, 0.2) is 18.5 Å². The van der Waals surface area contributed by atoms with Crippen LogP contribution in [0.2, 0.25) is 0 Å². The van der Waals surface area contributed by atoms with Gasteiger partial charge >= 0.3 is 0 Å². The Morgan fingerprint density at radius 3 is 2.86 bits per heavy atom. The molecule has 0 bridgehead atoms. The number of fused-ring (bicyclic) bond motifs is 1. The Morgan fingerprint density at radius 1 is 1.36 bits per heavy atom. The summed E-state index contributed by atoms with van der Waals surface area (Å²) in [6.07, 6.45) is 3.62. The van der Waals surface area contributed by atoms with Crippen molar-refractivity contribution in [1.29, 1.82) is 0 Å². The molecule has 9 nitrogen and oxygen atoms in total. The first-order valence-corrected chi connectivity index (χ1v) is 9.44. The van der Waals surface area contributed by atoms with Crippen molar-refractivity contribution in [3.63, 3.8) is 0 Å². The summed E-state index contributed by atoms with van der Waals surface area (Å²) < 4.78 is 3.64. The summed E-state index contributed by atoms with van der Waals surface area (Å²) >= 11 is 0. The van der Waals surface area contributed by atoms with Gasteiger partial charge < -0.3 is 14.6 Å². The average molecular weight is 383 g/mol. The number of aryl methyl sites for hydroxylation is 3. The summed E-state index contributed by atoms with van der Waals surface area (Å²) in [5, 5.41) is 22.3. The molecular formula is C19H25N7O2. The van der Waals surface area contributed by atoms with E-state index in [1.54, 1.807) is 17.0 Å². The van der Waals surface area contributed by atoms with Gasteiger partial charge in [0, 0.05) is 44.5 Å². The highest BCUT2D eigenvalue weighted by atomic mass is 16.3. The second-order valence-corrected chi connectivity index (χ2v) is 7.32. The van der Waals surface area contributed by atoms with Crippen molar-refractivity contribution < 1.29 is 9.90 Å². The number of amides is 1. The summed E-state index contributed by atoms with van der Waals surface area (Å²) in [6, 6.07) is 1.86. The van der Waals surface area contributed by atoms with Crippen LogP contribution in [0.25, 0.3) is 0 Å². The Hall–Kier alpha value is -2.94. The molecule has 9 heteroatoms. The molecule has 0 unspecified atom stereocenters. The third kappa shape index (κ3) is 3.33. The number of carbonyl (C=O) groups excluding carboxylic acids is 1. The predicted octanol–water partition coefficient (Wildman–Crippen LogP) is 1.01. The lowest BCUT2D eigenvalue weighted by Crippen LogP contribution is -2.38. The molecule has 1 amide bonds. The molecule has 0 saturated heterocycles. The maximum absolute atomic E-state index is 12.7. The van der Waals surface area contributed by atoms with Gasteiger partial charge in [-0.25, -0.2) is 4.98 Å². The molecule has 2 N–H and O–H groups in total. The molecule has 1 aliphatic rings. The molecule has 4 heterocycles. The standard InChI is InChI=1S/C19H25N7O2/c1-12-13(2)21-22-15(12)4-5-17(27)25-8-9-26-14(11-25)10-16(23-26)18(28)19-20-6-7-24(19)3/h6-7,10,18,28H,4-5,8-9,11H2,1-3H3,(H,21,22)/t18-/m0/s1. The Balaban J connectivity index is 1.42. The molecule has 0 spiro atoms. The summed E-state index contributed by atoms with van der Waals surface area (Å²) in [4.78, 5) is 18.7. The van der Waals surface area contributed by atoms with E-state index in [1.807, 2.05) is 36.5 Å². The highest BCUT2D eigenvalue weighted by Gasteiger charge is 2.25. The molecule has 3 aromatic rings. The van der Waals surface area contributed by atoms with Crippen LogP contribution in [-0.4, -0.2) is 52.0 Å². The fraction of sp³-hybridized carbons (Fsp3) is 0.474. The lowest BCUT2D eigenvalue weighted by atomic mass is 10.1. The van der Waals surface area contributed by atoms with Gasteiger partial charge in [0.1, 0.15) is 5.82 Å². The minimum Gasteiger partial charge on any atom is -0.379 e. The second-order valence-electron chi connectivity index (χ2n) is 7.32. The lowest BCUT2D eigenvalue weighted by Gasteiger charge is -2.27. The molecule has 148 valence electrons. The molecular weight excluding hydrogens is 358 g/mol. The van der Waals surface area contributed by atoms with E-state index in [1.165, 1.54) is 0 Å². The molecule has 1 atom stereocenters. The van der Waals surface area contributed by atoms with Gasteiger partial charge in [-0.3, -0.25) is 14.6 Å². The molecule has 0 radical (unpaired) electrons. The maximum atomic E-state index is 12.7. The van der Waals surface area contributed by atoms with E-state index in [4.69, 9.17) is 0 Å². The van der Waals surface area contributed by atoms with Crippen molar-refractivity contribution in [2.24, 2.45) is 7.05 Å². The van der Waals surface area contributed by atoms with Gasteiger partial charge in [0.25, 0.3) is 0 Å². The van der Waals surface area contributed by atoms with Crippen LogP contribution in [0, 0.1) is 13.8 Å². The third-order valence-electron chi connectivity index (χ3n) is 5.48. The molecule has 1 aliphatic heterocycles. The van der Waals surface area contributed by atoms with Crippen LogP contribution in [0.3, 0.4) is 0 Å². The number of hydrogen-bond donors (Lipinski definition) is 2. The average Bonchev–Trinajstić information content (AvgIpc) is 3.38. The van der Waals surface area contributed by atoms with Crippen LogP contribution >= 0.6 is 0 Å². The molecule has 0 aliphatic carbocycles. The van der Waals surface area contributed by atoms with Gasteiger partial charge in [0.2, 0.25) is 5.91 Å². The second kappa shape index (κ2) is 7.23. The smallest absolute Gasteiger partial charge is 0.223 e. The number of rotatable bonds is 5. The Bertz CT molecular complexity index is 1000. The number of nitrogens with one attached hydrogen (secondary N) is 1. The van der Waals surface area contributed by atoms with E-state index < -0.39 is 6.10 Å². The van der Waals surface area contributed by atoms with E-state index in [0.717, 1.165) is 22.6 Å². The van der Waals surface area contributed by atoms with Gasteiger partial charge in [-0.1, -0.05) is 0 Å². The summed E-state index contributed by atoms with van der Waals surface area (Å²) in [5.41, 5.74) is 4.60. The quantitative estimate of drug-likeness (QED) is 0.684. The minimum absolute atomic E-state index is 0.110. The number of H-pyrrole nitrogens is 1. The van der Waals surface area contributed by atoms with Crippen LogP contribution < -0.4 is 0 Å². The molecule has 28 heavy (non-hydrogen) atoms. The number of imidazole rings is 1. The lowest BCUT2D eigenvalue weighted by molar-refractivity contribution is -0.132. The number of aliphatic hydroxyl groups excluding tert-OH is 1. The SMILES string of the molecule is Cc1[nH]nc(CCC(=O)N2CCn3nc([C@H](O)c4nccn4C)cc3C2)c1C. The van der Waals surface area contributed by atoms with Crippen molar-refractivity contribution >= 4 is 5.91 Å². The summed E-state index contributed by atoms with van der Waals surface area (Å²) in [6.45, 7) is 5.74. The highest BCUT2D eigenvalue weighted by Crippen LogP contribution is 2.23. The minimum atomic E-state index is -0.881. The zero-order valence-electron chi connectivity index (χ0n) is 16.4. The number of hydrogen-bond acceptors (Lipinski definition) is 5. The summed E-state index contributed by atoms with van der Waals surface area (Å²) in [7, 11) is 1.84. The normalized spacial score (nSPS) is 14.9. The number of carbonyl (C=O) groups is 1. The Labute approximate surface area is 163 Å². The van der Waals surface area contributed by atoms with Gasteiger partial charge in [-0.2, -0.15) is 10.2 Å². The van der Waals surface area contributed by atoms with Crippen molar-refractivity contribution in [2.45, 2.75) is 45.9 Å². The summed E-state index contributed by atoms with van der Waals surface area (Å²) in [5.74, 6) is 0.659. The first-order valence-electron chi connectivity index (χ1n) is 9.44. The molecule has 3 aromatic heterocycles. The molecule has 0 fully saturated rings. The van der Waals surface area contributed by atoms with Gasteiger partial charge in [-0.15, -0.1) is 0 Å². The fourth-order valence-corrected chi connectivity index (χ4v) is 3.57. The van der Waals surface area contributed by atoms with Crippen LogP contribution in [-0.2, 0) is 31.4 Å². The topological polar surface area (TPSA) is 105 Å². The number of aliphatic hydroxyl groups is 1. The van der Waals surface area contributed by atoms with Crippen LogP contribution in [0.1, 0.15) is 46.7 Å². The molecule has 0 saturated carbocycles. The van der Waals surface area contributed by atoms with Crippen molar-refractivity contribution in [3.8, 4) is 0 Å².